The Balaban J connectivity index is 2.55. The van der Waals surface area contributed by atoms with Crippen LogP contribution in [0.4, 0.5) is 0 Å². The number of amides is 1. The van der Waals surface area contributed by atoms with Crippen molar-refractivity contribution in [2.45, 2.75) is 33.1 Å². The van der Waals surface area contributed by atoms with Crippen molar-refractivity contribution in [3.05, 3.63) is 17.0 Å². The lowest BCUT2D eigenvalue weighted by molar-refractivity contribution is 0.0950. The molecule has 0 atom stereocenters. The third kappa shape index (κ3) is 3.06. The van der Waals surface area contributed by atoms with Crippen LogP contribution in [0, 0.1) is 6.92 Å². The summed E-state index contributed by atoms with van der Waals surface area (Å²) in [5.41, 5.74) is 1.24. The first kappa shape index (κ1) is 12.7. The molecule has 0 aliphatic heterocycles. The molecule has 5 nitrogen and oxygen atoms in total. The Hall–Kier alpha value is -1.36. The van der Waals surface area contributed by atoms with Gasteiger partial charge in [0, 0.05) is 13.2 Å². The van der Waals surface area contributed by atoms with Gasteiger partial charge in [0.1, 0.15) is 11.3 Å². The lowest BCUT2D eigenvalue weighted by Gasteiger charge is -2.04. The second-order valence-corrected chi connectivity index (χ2v) is 3.60. The van der Waals surface area contributed by atoms with Gasteiger partial charge in [-0.15, -0.1) is 0 Å². The number of carbonyl (C=O) groups excluding carboxylic acids is 1. The average Bonchev–Trinajstić information content (AvgIpc) is 2.65. The molecule has 16 heavy (non-hydrogen) atoms. The lowest BCUT2D eigenvalue weighted by Crippen LogP contribution is -2.25. The van der Waals surface area contributed by atoms with Gasteiger partial charge in [-0.3, -0.25) is 4.79 Å². The van der Waals surface area contributed by atoms with Crippen LogP contribution >= 0.6 is 0 Å². The van der Waals surface area contributed by atoms with Crippen molar-refractivity contribution < 1.29 is 14.4 Å². The van der Waals surface area contributed by atoms with E-state index in [0.717, 1.165) is 6.42 Å². The summed E-state index contributed by atoms with van der Waals surface area (Å²) in [5, 5.41) is 15.2. The van der Waals surface area contributed by atoms with Gasteiger partial charge >= 0.3 is 0 Å². The number of nitrogens with zero attached hydrogens (tertiary/aromatic N) is 1. The van der Waals surface area contributed by atoms with Gasteiger partial charge in [0.15, 0.2) is 0 Å². The molecule has 5 heteroatoms. The summed E-state index contributed by atoms with van der Waals surface area (Å²) >= 11 is 0. The molecule has 1 heterocycles. The van der Waals surface area contributed by atoms with Crippen LogP contribution in [0.15, 0.2) is 4.52 Å². The van der Waals surface area contributed by atoms with E-state index in [4.69, 9.17) is 9.63 Å². The molecule has 0 fully saturated rings. The number of hydrogen-bond donors (Lipinski definition) is 2. The van der Waals surface area contributed by atoms with E-state index in [1.807, 2.05) is 6.92 Å². The zero-order chi connectivity index (χ0) is 12.0. The molecule has 1 rings (SSSR count). The molecule has 2 N–H and O–H groups in total. The Morgan fingerprint density at radius 1 is 1.50 bits per heavy atom. The number of aliphatic hydroxyl groups is 1. The molecule has 0 bridgehead atoms. The second-order valence-electron chi connectivity index (χ2n) is 3.60. The van der Waals surface area contributed by atoms with Crippen molar-refractivity contribution in [1.29, 1.82) is 0 Å². The number of aryl methyl sites for hydroxylation is 2. The van der Waals surface area contributed by atoms with Crippen molar-refractivity contribution in [3.8, 4) is 0 Å². The summed E-state index contributed by atoms with van der Waals surface area (Å²) in [4.78, 5) is 11.8. The SMILES string of the molecule is CCc1noc(C)c1C(=O)NCCCCO. The molecule has 0 spiro atoms. The van der Waals surface area contributed by atoms with Crippen LogP contribution in [0.25, 0.3) is 0 Å². The molecule has 0 aliphatic carbocycles. The number of nitrogens with one attached hydrogen (secondary N) is 1. The Morgan fingerprint density at radius 3 is 2.88 bits per heavy atom. The predicted molar refractivity (Wildman–Crippen MR) is 59.3 cm³/mol. The minimum absolute atomic E-state index is 0.145. The monoisotopic (exact) mass is 226 g/mol. The summed E-state index contributed by atoms with van der Waals surface area (Å²) in [6, 6.07) is 0. The molecule has 1 aromatic rings. The summed E-state index contributed by atoms with van der Waals surface area (Å²) in [6.07, 6.45) is 2.15. The zero-order valence-electron chi connectivity index (χ0n) is 9.75. The van der Waals surface area contributed by atoms with Gasteiger partial charge in [0.2, 0.25) is 0 Å². The highest BCUT2D eigenvalue weighted by Gasteiger charge is 2.18. The molecule has 0 aromatic carbocycles. The molecule has 1 aromatic heterocycles. The fraction of sp³-hybridized carbons (Fsp3) is 0.636. The van der Waals surface area contributed by atoms with E-state index in [2.05, 4.69) is 10.5 Å². The standard InChI is InChI=1S/C11H18N2O3/c1-3-9-10(8(2)16-13-9)11(15)12-6-4-5-7-14/h14H,3-7H2,1-2H3,(H,12,15). The summed E-state index contributed by atoms with van der Waals surface area (Å²) < 4.78 is 4.98. The van der Waals surface area contributed by atoms with Crippen LogP contribution in [0.2, 0.25) is 0 Å². The van der Waals surface area contributed by atoms with E-state index < -0.39 is 0 Å². The second kappa shape index (κ2) is 6.27. The first-order chi connectivity index (χ1) is 7.70. The first-order valence-electron chi connectivity index (χ1n) is 5.54. The molecular formula is C11H18N2O3. The van der Waals surface area contributed by atoms with E-state index in [1.165, 1.54) is 0 Å². The van der Waals surface area contributed by atoms with Crippen molar-refractivity contribution in [2.75, 3.05) is 13.2 Å². The van der Waals surface area contributed by atoms with Crippen molar-refractivity contribution in [3.63, 3.8) is 0 Å². The molecular weight excluding hydrogens is 208 g/mol. The molecule has 0 saturated carbocycles. The molecule has 1 amide bonds. The van der Waals surface area contributed by atoms with Gasteiger partial charge < -0.3 is 14.9 Å². The lowest BCUT2D eigenvalue weighted by atomic mass is 10.1. The number of aromatic nitrogens is 1. The van der Waals surface area contributed by atoms with Crippen LogP contribution in [0.5, 0.6) is 0 Å². The molecule has 0 aliphatic rings. The van der Waals surface area contributed by atoms with Crippen molar-refractivity contribution in [1.82, 2.24) is 10.5 Å². The maximum atomic E-state index is 11.8. The molecule has 0 unspecified atom stereocenters. The van der Waals surface area contributed by atoms with Gasteiger partial charge in [-0.1, -0.05) is 12.1 Å². The number of unbranched alkanes of at least 4 members (excludes halogenated alkanes) is 1. The van der Waals surface area contributed by atoms with Crippen LogP contribution in [-0.2, 0) is 6.42 Å². The van der Waals surface area contributed by atoms with Gasteiger partial charge in [0.05, 0.1) is 5.69 Å². The highest BCUT2D eigenvalue weighted by atomic mass is 16.5. The van der Waals surface area contributed by atoms with Gasteiger partial charge in [0.25, 0.3) is 5.91 Å². The van der Waals surface area contributed by atoms with Crippen LogP contribution in [0.3, 0.4) is 0 Å². The van der Waals surface area contributed by atoms with E-state index in [-0.39, 0.29) is 12.5 Å². The normalized spacial score (nSPS) is 10.4. The smallest absolute Gasteiger partial charge is 0.256 e. The summed E-state index contributed by atoms with van der Waals surface area (Å²) in [5.74, 6) is 0.407. The Morgan fingerprint density at radius 2 is 2.25 bits per heavy atom. The minimum Gasteiger partial charge on any atom is -0.396 e. The van der Waals surface area contributed by atoms with Crippen molar-refractivity contribution in [2.24, 2.45) is 0 Å². The summed E-state index contributed by atoms with van der Waals surface area (Å²) in [7, 11) is 0. The van der Waals surface area contributed by atoms with Crippen LogP contribution in [0.1, 0.15) is 41.6 Å². The third-order valence-corrected chi connectivity index (χ3v) is 2.37. The third-order valence-electron chi connectivity index (χ3n) is 2.37. The predicted octanol–water partition coefficient (Wildman–Crippen LogP) is 1.05. The highest BCUT2D eigenvalue weighted by Crippen LogP contribution is 2.13. The maximum absolute atomic E-state index is 11.8. The number of aliphatic hydroxyl groups excluding tert-OH is 1. The molecule has 0 radical (unpaired) electrons. The quantitative estimate of drug-likeness (QED) is 0.711. The van der Waals surface area contributed by atoms with Crippen molar-refractivity contribution >= 4 is 5.91 Å². The zero-order valence-corrected chi connectivity index (χ0v) is 9.75. The number of hydrogen-bond acceptors (Lipinski definition) is 4. The van der Waals surface area contributed by atoms with Crippen LogP contribution < -0.4 is 5.32 Å². The Labute approximate surface area is 94.8 Å². The van der Waals surface area contributed by atoms with E-state index in [0.29, 0.717) is 36.4 Å². The molecule has 0 saturated heterocycles. The summed E-state index contributed by atoms with van der Waals surface area (Å²) in [6.45, 7) is 4.38. The first-order valence-corrected chi connectivity index (χ1v) is 5.54. The van der Waals surface area contributed by atoms with E-state index in [9.17, 15) is 4.79 Å². The molecule has 90 valence electrons. The van der Waals surface area contributed by atoms with Gasteiger partial charge in [-0.25, -0.2) is 0 Å². The van der Waals surface area contributed by atoms with Gasteiger partial charge in [-0.2, -0.15) is 0 Å². The number of carbonyl (C=O) groups is 1. The maximum Gasteiger partial charge on any atom is 0.256 e. The Kier molecular flexibility index (Phi) is 4.98. The highest BCUT2D eigenvalue weighted by molar-refractivity contribution is 5.96. The fourth-order valence-electron chi connectivity index (χ4n) is 1.48. The average molecular weight is 226 g/mol. The Bertz CT molecular complexity index is 347. The fourth-order valence-corrected chi connectivity index (χ4v) is 1.48. The largest absolute Gasteiger partial charge is 0.396 e. The van der Waals surface area contributed by atoms with Crippen LogP contribution in [-0.4, -0.2) is 29.3 Å². The van der Waals surface area contributed by atoms with E-state index in [1.54, 1.807) is 6.92 Å². The number of rotatable bonds is 6. The van der Waals surface area contributed by atoms with E-state index >= 15 is 0 Å². The van der Waals surface area contributed by atoms with Gasteiger partial charge in [-0.05, 0) is 26.2 Å². The minimum atomic E-state index is -0.145. The topological polar surface area (TPSA) is 75.4 Å².